The Morgan fingerprint density at radius 3 is 2.65 bits per heavy atom. The van der Waals surface area contributed by atoms with Gasteiger partial charge in [-0.05, 0) is 61.9 Å². The maximum absolute atomic E-state index is 14.3. The zero-order valence-electron chi connectivity index (χ0n) is 33.3. The average molecular weight is 772 g/mol. The van der Waals surface area contributed by atoms with Crippen LogP contribution in [-0.4, -0.2) is 93.6 Å². The number of cyclic esters (lactones) is 1. The van der Waals surface area contributed by atoms with E-state index < -0.39 is 41.3 Å². The number of methoxy groups -OCH3 is 1. The first-order valence-corrected chi connectivity index (χ1v) is 19.8. The number of amides is 3. The summed E-state index contributed by atoms with van der Waals surface area (Å²) in [6, 6.07) is 7.78. The second-order valence-electron chi connectivity index (χ2n) is 15.9. The van der Waals surface area contributed by atoms with E-state index >= 15 is 0 Å². The Morgan fingerprint density at radius 2 is 1.95 bits per heavy atom. The van der Waals surface area contributed by atoms with E-state index in [1.54, 1.807) is 20.4 Å². The highest BCUT2D eigenvalue weighted by molar-refractivity contribution is 7.10. The molecular formula is C41H53N7O6S. The van der Waals surface area contributed by atoms with Gasteiger partial charge in [0.25, 0.3) is 5.91 Å². The van der Waals surface area contributed by atoms with E-state index in [0.717, 1.165) is 44.7 Å². The Hall–Kier alpha value is -4.66. The minimum Gasteiger partial charge on any atom is -0.464 e. The van der Waals surface area contributed by atoms with Crippen LogP contribution in [0.2, 0.25) is 0 Å². The van der Waals surface area contributed by atoms with Crippen LogP contribution in [0.1, 0.15) is 76.8 Å². The van der Waals surface area contributed by atoms with E-state index in [1.807, 2.05) is 32.2 Å². The van der Waals surface area contributed by atoms with Gasteiger partial charge < -0.3 is 24.3 Å². The topological polar surface area (TPSA) is 148 Å². The van der Waals surface area contributed by atoms with Crippen LogP contribution < -0.4 is 10.7 Å². The third kappa shape index (κ3) is 8.31. The van der Waals surface area contributed by atoms with Crippen LogP contribution in [0, 0.1) is 11.3 Å². The Morgan fingerprint density at radius 1 is 1.18 bits per heavy atom. The number of likely N-dealkylation sites (N-methyl/N-ethyl adjacent to an activating group) is 1. The van der Waals surface area contributed by atoms with Crippen LogP contribution in [0.4, 0.5) is 0 Å². The number of nitrogens with one attached hydrogen (secondary N) is 2. The summed E-state index contributed by atoms with van der Waals surface area (Å²) in [5, 5.41) is 8.06. The van der Waals surface area contributed by atoms with Crippen molar-refractivity contribution in [2.24, 2.45) is 18.4 Å². The molecule has 0 aliphatic carbocycles. The van der Waals surface area contributed by atoms with Gasteiger partial charge >= 0.3 is 5.97 Å². The molecule has 294 valence electrons. The summed E-state index contributed by atoms with van der Waals surface area (Å²) in [6.07, 6.45) is 3.31. The van der Waals surface area contributed by atoms with E-state index in [0.29, 0.717) is 30.8 Å². The van der Waals surface area contributed by atoms with E-state index in [1.165, 1.54) is 28.2 Å². The Balaban J connectivity index is 1.47. The van der Waals surface area contributed by atoms with Gasteiger partial charge in [-0.2, -0.15) is 0 Å². The number of nitrogens with zero attached hydrogens (tertiary/aromatic N) is 5. The molecule has 4 atom stereocenters. The average Bonchev–Trinajstić information content (AvgIpc) is 3.73. The number of aromatic nitrogens is 3. The molecule has 6 bridgehead atoms. The quantitative estimate of drug-likeness (QED) is 0.242. The largest absolute Gasteiger partial charge is 0.464 e. The van der Waals surface area contributed by atoms with Crippen LogP contribution in [0.15, 0.2) is 41.9 Å². The first-order valence-electron chi connectivity index (χ1n) is 18.9. The van der Waals surface area contributed by atoms with Gasteiger partial charge in [-0.3, -0.25) is 29.2 Å². The fraction of sp³-hybridized carbons (Fsp3) is 0.512. The van der Waals surface area contributed by atoms with Crippen molar-refractivity contribution in [2.75, 3.05) is 27.3 Å². The Bertz CT molecular complexity index is 2090. The molecular weight excluding hydrogens is 719 g/mol. The number of ether oxygens (including phenoxy) is 2. The molecule has 1 fully saturated rings. The molecule has 3 aromatic heterocycles. The number of thiazole rings is 1. The van der Waals surface area contributed by atoms with Crippen molar-refractivity contribution in [3.05, 3.63) is 58.2 Å². The zero-order valence-corrected chi connectivity index (χ0v) is 34.1. The third-order valence-electron chi connectivity index (χ3n) is 10.8. The second kappa shape index (κ2) is 16.2. The summed E-state index contributed by atoms with van der Waals surface area (Å²) >= 11 is 1.42. The lowest BCUT2D eigenvalue weighted by atomic mass is 9.84. The van der Waals surface area contributed by atoms with E-state index in [-0.39, 0.29) is 31.0 Å². The smallest absolute Gasteiger partial charge is 0.324 e. The summed E-state index contributed by atoms with van der Waals surface area (Å²) < 4.78 is 14.0. The Labute approximate surface area is 326 Å². The zero-order chi connectivity index (χ0) is 39.8. The summed E-state index contributed by atoms with van der Waals surface area (Å²) in [4.78, 5) is 65.2. The first kappa shape index (κ1) is 40.0. The molecule has 1 unspecified atom stereocenters. The third-order valence-corrected chi connectivity index (χ3v) is 11.7. The van der Waals surface area contributed by atoms with E-state index in [9.17, 15) is 19.2 Å². The molecule has 6 rings (SSSR count). The fourth-order valence-electron chi connectivity index (χ4n) is 7.75. The maximum atomic E-state index is 14.3. The van der Waals surface area contributed by atoms with Gasteiger partial charge in [-0.15, -0.1) is 11.3 Å². The van der Waals surface area contributed by atoms with Gasteiger partial charge in [0.15, 0.2) is 0 Å². The number of esters is 1. The van der Waals surface area contributed by atoms with Crippen LogP contribution in [0.3, 0.4) is 0 Å². The normalized spacial score (nSPS) is 20.1. The second-order valence-corrected chi connectivity index (χ2v) is 16.8. The van der Waals surface area contributed by atoms with Gasteiger partial charge in [0.05, 0.1) is 34.8 Å². The summed E-state index contributed by atoms with van der Waals surface area (Å²) in [5.74, 6) is -1.73. The van der Waals surface area contributed by atoms with Crippen molar-refractivity contribution in [2.45, 2.75) is 91.5 Å². The molecule has 3 amide bonds. The van der Waals surface area contributed by atoms with Crippen LogP contribution in [-0.2, 0) is 48.5 Å². The molecule has 5 heterocycles. The standard InChI is InChI=1S/C41H53N7O6S/c1-23(2)36(46(7)25(4)49)38(50)44-31-19-34-43-32(21-55-34)26-14-15-33-28(18-26)29(37(47(33)8)27-12-10-16-42-35(27)24(3)53-9)20-41(5,6)22-54-40(52)30-13-11-17-48(45-30)39(31)51/h10,12,14-16,18,21,23-24,30-31,36,45H,11,13,17,19-20,22H2,1-9H3,(H,44,50)/t24-,30-,31-,36?/m0/s1. The monoisotopic (exact) mass is 771 g/mol. The Kier molecular flexibility index (Phi) is 11.8. The molecule has 2 N–H and O–H groups in total. The molecule has 13 nitrogen and oxygen atoms in total. The first-order chi connectivity index (χ1) is 26.1. The van der Waals surface area contributed by atoms with Crippen molar-refractivity contribution >= 4 is 45.9 Å². The predicted molar refractivity (Wildman–Crippen MR) is 212 cm³/mol. The highest BCUT2D eigenvalue weighted by atomic mass is 32.1. The number of pyridine rings is 1. The van der Waals surface area contributed by atoms with Gasteiger partial charge in [0.1, 0.15) is 18.1 Å². The molecule has 55 heavy (non-hydrogen) atoms. The number of carbonyl (C=O) groups is 4. The molecule has 0 saturated carbocycles. The molecule has 1 saturated heterocycles. The van der Waals surface area contributed by atoms with E-state index in [4.69, 9.17) is 19.4 Å². The van der Waals surface area contributed by atoms with Gasteiger partial charge in [-0.25, -0.2) is 10.4 Å². The van der Waals surface area contributed by atoms with Crippen LogP contribution >= 0.6 is 11.3 Å². The minimum atomic E-state index is -1.01. The number of rotatable bonds is 7. The number of hydrogen-bond acceptors (Lipinski definition) is 10. The minimum absolute atomic E-state index is 0.121. The van der Waals surface area contributed by atoms with Crippen LogP contribution in [0.25, 0.3) is 33.4 Å². The summed E-state index contributed by atoms with van der Waals surface area (Å²) in [7, 11) is 5.32. The molecule has 0 spiro atoms. The lowest BCUT2D eigenvalue weighted by molar-refractivity contribution is -0.155. The lowest BCUT2D eigenvalue weighted by Gasteiger charge is -2.36. The van der Waals surface area contributed by atoms with E-state index in [2.05, 4.69) is 60.5 Å². The number of hydrogen-bond donors (Lipinski definition) is 2. The number of hydrazine groups is 1. The predicted octanol–water partition coefficient (Wildman–Crippen LogP) is 5.22. The van der Waals surface area contributed by atoms with Gasteiger partial charge in [0.2, 0.25) is 11.8 Å². The molecule has 1 aromatic carbocycles. The lowest BCUT2D eigenvalue weighted by Crippen LogP contribution is -2.62. The van der Waals surface area contributed by atoms with Crippen LogP contribution in [0.5, 0.6) is 0 Å². The molecule has 14 heteroatoms. The van der Waals surface area contributed by atoms with Crippen molar-refractivity contribution in [3.63, 3.8) is 0 Å². The molecule has 2 aliphatic rings. The highest BCUT2D eigenvalue weighted by Crippen LogP contribution is 2.41. The summed E-state index contributed by atoms with van der Waals surface area (Å²) in [5.41, 5.74) is 9.24. The summed E-state index contributed by atoms with van der Waals surface area (Å²) in [6.45, 7) is 11.8. The van der Waals surface area contributed by atoms with Gasteiger partial charge in [0, 0.05) is 80.1 Å². The fourth-order valence-corrected chi connectivity index (χ4v) is 8.60. The number of carbonyl (C=O) groups excluding carboxylic acids is 4. The van der Waals surface area contributed by atoms with Crippen molar-refractivity contribution in [3.8, 4) is 22.5 Å². The SMILES string of the molecule is CO[C@@H](C)c1ncccc1-c1c2c3cc(ccc3n1C)-c1csc(n1)C[C@H](NC(=O)C(C(C)C)N(C)C(C)=O)C(=O)N1CCC[C@H](N1)C(=O)OCC(C)(C)C2. The number of fused-ring (bicyclic) bond motifs is 6. The molecule has 0 radical (unpaired) electrons. The van der Waals surface area contributed by atoms with Crippen molar-refractivity contribution in [1.29, 1.82) is 0 Å². The molecule has 2 aliphatic heterocycles. The maximum Gasteiger partial charge on any atom is 0.324 e. The molecule has 4 aromatic rings. The van der Waals surface area contributed by atoms with Crippen molar-refractivity contribution < 1.29 is 28.7 Å². The van der Waals surface area contributed by atoms with Crippen molar-refractivity contribution in [1.82, 2.24) is 35.2 Å². The van der Waals surface area contributed by atoms with Gasteiger partial charge in [-0.1, -0.05) is 33.8 Å². The number of aryl methyl sites for hydroxylation is 1. The number of benzene rings is 1. The highest BCUT2D eigenvalue weighted by Gasteiger charge is 2.37.